The molecule has 10 aromatic rings. The van der Waals surface area contributed by atoms with Crippen molar-refractivity contribution in [1.82, 2.24) is 9.38 Å². The molecule has 0 atom stereocenters. The summed E-state index contributed by atoms with van der Waals surface area (Å²) in [6.07, 6.45) is 0. The Bertz CT molecular complexity index is 2920. The first-order valence-electron chi connectivity index (χ1n) is 19.3. The Hall–Kier alpha value is -6.55. The second-order valence-corrected chi connectivity index (χ2v) is 14.3. The lowest BCUT2D eigenvalue weighted by Gasteiger charge is -2.24. The molecule has 0 aliphatic carbocycles. The molecule has 0 aliphatic rings. The number of hydrogen-bond acceptors (Lipinski definition) is 2. The molecule has 2 nitrogen and oxygen atoms in total. The van der Waals surface area contributed by atoms with E-state index < -0.39 is 6.85 Å². The first-order valence-corrected chi connectivity index (χ1v) is 18.6. The zero-order valence-electron chi connectivity index (χ0n) is 31.7. The van der Waals surface area contributed by atoms with E-state index in [0.29, 0.717) is 5.56 Å². The first-order chi connectivity index (χ1) is 27.4. The largest absolute Gasteiger partial charge is 0.283 e. The van der Waals surface area contributed by atoms with Crippen molar-refractivity contribution >= 4 is 37.5 Å². The molecule has 0 amide bonds. The van der Waals surface area contributed by atoms with Gasteiger partial charge in [0.25, 0.3) is 0 Å². The molecule has 0 saturated heterocycles. The van der Waals surface area contributed by atoms with E-state index in [1.807, 2.05) is 24.3 Å². The lowest BCUT2D eigenvalue weighted by atomic mass is 9.78. The Morgan fingerprint density at radius 3 is 1.45 bits per heavy atom. The topological polar surface area (TPSA) is 17.3 Å². The van der Waals surface area contributed by atoms with Crippen LogP contribution in [0.4, 0.5) is 0 Å². The van der Waals surface area contributed by atoms with Gasteiger partial charge in [0.2, 0.25) is 0 Å². The van der Waals surface area contributed by atoms with E-state index in [-0.39, 0.29) is 0 Å². The molecule has 0 fully saturated rings. The van der Waals surface area contributed by atoms with Crippen molar-refractivity contribution in [2.24, 2.45) is 0 Å². The van der Waals surface area contributed by atoms with Crippen molar-refractivity contribution in [2.75, 3.05) is 0 Å². The maximum atomic E-state index is 8.62. The average Bonchev–Trinajstić information content (AvgIpc) is 3.80. The van der Waals surface area contributed by atoms with Crippen molar-refractivity contribution in [2.45, 2.75) is 6.85 Å². The molecular formula is C50H34N2S. The Labute approximate surface area is 317 Å². The van der Waals surface area contributed by atoms with E-state index in [1.165, 1.54) is 0 Å². The molecule has 0 spiro atoms. The fraction of sp³-hybridized carbons (Fsp3) is 0.0200. The third kappa shape index (κ3) is 5.28. The number of thiazole rings is 1. The second kappa shape index (κ2) is 12.9. The zero-order valence-corrected chi connectivity index (χ0v) is 29.5. The fourth-order valence-corrected chi connectivity index (χ4v) is 9.02. The molecule has 0 unspecified atom stereocenters. The van der Waals surface area contributed by atoms with Gasteiger partial charge in [-0.05, 0) is 97.9 Å². The minimum absolute atomic E-state index is 0.332. The van der Waals surface area contributed by atoms with Crippen LogP contribution in [0.2, 0.25) is 0 Å². The van der Waals surface area contributed by atoms with Crippen LogP contribution in [-0.2, 0) is 0 Å². The lowest BCUT2D eigenvalue weighted by molar-refractivity contribution is 1.34. The summed E-state index contributed by atoms with van der Waals surface area (Å²) < 4.78 is 28.9. The Morgan fingerprint density at radius 2 is 0.906 bits per heavy atom. The van der Waals surface area contributed by atoms with E-state index >= 15 is 0 Å². The molecule has 0 N–H and O–H groups in total. The van der Waals surface area contributed by atoms with Crippen LogP contribution >= 0.6 is 11.3 Å². The van der Waals surface area contributed by atoms with Gasteiger partial charge in [-0.2, -0.15) is 0 Å². The summed E-state index contributed by atoms with van der Waals surface area (Å²) in [6.45, 7) is -2.31. The minimum Gasteiger partial charge on any atom is -0.283 e. The number of aromatic nitrogens is 2. The van der Waals surface area contributed by atoms with Crippen molar-refractivity contribution < 1.29 is 4.11 Å². The maximum Gasteiger partial charge on any atom is 0.195 e. The minimum atomic E-state index is -2.31. The van der Waals surface area contributed by atoms with Gasteiger partial charge < -0.3 is 0 Å². The predicted octanol–water partition coefficient (Wildman–Crippen LogP) is 14.0. The van der Waals surface area contributed by atoms with Gasteiger partial charge in [-0.1, -0.05) is 175 Å². The second-order valence-electron chi connectivity index (χ2n) is 13.3. The van der Waals surface area contributed by atoms with Gasteiger partial charge >= 0.3 is 0 Å². The van der Waals surface area contributed by atoms with Gasteiger partial charge in [0, 0.05) is 9.68 Å². The van der Waals surface area contributed by atoms with Crippen LogP contribution in [0.3, 0.4) is 0 Å². The normalized spacial score (nSPS) is 12.6. The van der Waals surface area contributed by atoms with Gasteiger partial charge in [0.1, 0.15) is 0 Å². The van der Waals surface area contributed by atoms with E-state index in [1.54, 1.807) is 17.4 Å². The van der Waals surface area contributed by atoms with E-state index in [0.717, 1.165) is 93.0 Å². The van der Waals surface area contributed by atoms with Crippen molar-refractivity contribution in [3.05, 3.63) is 194 Å². The van der Waals surface area contributed by atoms with E-state index in [4.69, 9.17) is 9.10 Å². The van der Waals surface area contributed by atoms with Crippen LogP contribution in [0, 0.1) is 6.85 Å². The summed E-state index contributed by atoms with van der Waals surface area (Å²) in [5.41, 5.74) is 16.0. The van der Waals surface area contributed by atoms with Crippen LogP contribution < -0.4 is 0 Å². The molecule has 0 radical (unpaired) electrons. The fourth-order valence-electron chi connectivity index (χ4n) is 7.81. The van der Waals surface area contributed by atoms with Crippen LogP contribution in [-0.4, -0.2) is 9.38 Å². The van der Waals surface area contributed by atoms with Gasteiger partial charge in [-0.25, -0.2) is 4.98 Å². The maximum absolute atomic E-state index is 8.62. The molecule has 250 valence electrons. The summed E-state index contributed by atoms with van der Waals surface area (Å²) in [5, 5.41) is 0. The van der Waals surface area contributed by atoms with Gasteiger partial charge in [0.15, 0.2) is 4.96 Å². The molecule has 53 heavy (non-hydrogen) atoms. The highest BCUT2D eigenvalue weighted by Gasteiger charge is 2.24. The van der Waals surface area contributed by atoms with Crippen molar-refractivity contribution in [3.8, 4) is 66.8 Å². The van der Waals surface area contributed by atoms with E-state index in [2.05, 4.69) is 162 Å². The number of fused-ring (bicyclic) bond motifs is 5. The monoisotopic (exact) mass is 697 g/mol. The van der Waals surface area contributed by atoms with Gasteiger partial charge in [-0.15, -0.1) is 0 Å². The van der Waals surface area contributed by atoms with Crippen LogP contribution in [0.5, 0.6) is 0 Å². The first kappa shape index (κ1) is 28.1. The predicted molar refractivity (Wildman–Crippen MR) is 225 cm³/mol. The summed E-state index contributed by atoms with van der Waals surface area (Å²) >= 11 is 1.54. The molecule has 2 aromatic heterocycles. The number of nitrogens with zero attached hydrogens (tertiary/aromatic N) is 2. The highest BCUT2D eigenvalue weighted by Crippen LogP contribution is 2.50. The summed E-state index contributed by atoms with van der Waals surface area (Å²) in [5.74, 6) is 0. The summed E-state index contributed by atoms with van der Waals surface area (Å²) in [4.78, 5) is 5.76. The number of imidazole rings is 1. The molecule has 0 saturated carbocycles. The third-order valence-corrected chi connectivity index (χ3v) is 11.3. The number of rotatable bonds is 6. The molecule has 0 bridgehead atoms. The third-order valence-electron chi connectivity index (χ3n) is 10.2. The number of benzene rings is 8. The molecule has 0 aliphatic heterocycles. The lowest BCUT2D eigenvalue weighted by Crippen LogP contribution is -1.98. The summed E-state index contributed by atoms with van der Waals surface area (Å²) in [7, 11) is 0. The van der Waals surface area contributed by atoms with Gasteiger partial charge in [0.05, 0.1) is 21.3 Å². The van der Waals surface area contributed by atoms with Crippen molar-refractivity contribution in [3.63, 3.8) is 0 Å². The molecule has 10 rings (SSSR count). The highest BCUT2D eigenvalue weighted by molar-refractivity contribution is 7.24. The smallest absolute Gasteiger partial charge is 0.195 e. The highest BCUT2D eigenvalue weighted by atomic mass is 32.1. The molecule has 8 aromatic carbocycles. The number of hydrogen-bond donors (Lipinski definition) is 0. The molecule has 2 heterocycles. The Balaban J connectivity index is 1.28. The quantitative estimate of drug-likeness (QED) is 0.169. The standard InChI is InChI=1S/C50H34N2S/c1-33-26-31-44-49(53-50-51-42-24-14-15-25-43(42)52(44)50)45(33)38-27-29-39(30-28-38)48-46(36-20-10-4-11-21-36)40(34-16-6-2-7-17-34)32-41(35-18-8-3-9-19-35)47(48)37-22-12-5-13-23-37/h2-32H,1H3/i1D3. The van der Waals surface area contributed by atoms with Crippen LogP contribution in [0.15, 0.2) is 188 Å². The summed E-state index contributed by atoms with van der Waals surface area (Å²) in [6, 6.07) is 65.2. The van der Waals surface area contributed by atoms with Crippen molar-refractivity contribution in [1.29, 1.82) is 0 Å². The SMILES string of the molecule is [2H]C([2H])([2H])c1ccc2c(sc3nc4ccccc4n32)c1-c1ccc(-c2c(-c3ccccc3)c(-c3ccccc3)cc(-c3ccccc3)c2-c2ccccc2)cc1. The number of aryl methyl sites for hydroxylation is 1. The van der Waals surface area contributed by atoms with E-state index in [9.17, 15) is 0 Å². The zero-order chi connectivity index (χ0) is 37.8. The molecular weight excluding hydrogens is 661 g/mol. The van der Waals surface area contributed by atoms with Crippen LogP contribution in [0.25, 0.3) is 93.0 Å². The number of para-hydroxylation sites is 2. The average molecular weight is 698 g/mol. The van der Waals surface area contributed by atoms with Gasteiger partial charge in [-0.3, -0.25) is 4.40 Å². The Kier molecular flexibility index (Phi) is 6.83. The van der Waals surface area contributed by atoms with Crippen LogP contribution in [0.1, 0.15) is 9.68 Å². The Morgan fingerprint density at radius 1 is 0.434 bits per heavy atom. The molecule has 3 heteroatoms.